The summed E-state index contributed by atoms with van der Waals surface area (Å²) in [5.41, 5.74) is 0.623. The van der Waals surface area contributed by atoms with Crippen molar-refractivity contribution in [3.63, 3.8) is 0 Å². The van der Waals surface area contributed by atoms with Gasteiger partial charge in [0.1, 0.15) is 5.02 Å². The van der Waals surface area contributed by atoms with E-state index in [1.165, 1.54) is 4.31 Å². The van der Waals surface area contributed by atoms with Crippen molar-refractivity contribution in [2.45, 2.75) is 25.9 Å². The van der Waals surface area contributed by atoms with Crippen LogP contribution < -0.4 is 4.72 Å². The molecular formula is C10H17ClN4O3S. The first-order chi connectivity index (χ1) is 8.94. The maximum atomic E-state index is 12.2. The molecule has 1 fully saturated rings. The van der Waals surface area contributed by atoms with Crippen LogP contribution in [-0.2, 0) is 14.9 Å². The summed E-state index contributed by atoms with van der Waals surface area (Å²) in [5.74, 6) is 0.132. The quantitative estimate of drug-likeness (QED) is 0.873. The van der Waals surface area contributed by atoms with Gasteiger partial charge in [0.2, 0.25) is 0 Å². The molecule has 2 rings (SSSR count). The van der Waals surface area contributed by atoms with E-state index in [0.29, 0.717) is 31.6 Å². The maximum absolute atomic E-state index is 12.2. The lowest BCUT2D eigenvalue weighted by Crippen LogP contribution is -2.43. The minimum absolute atomic E-state index is 0.127. The fourth-order valence-corrected chi connectivity index (χ4v) is 3.38. The lowest BCUT2D eigenvalue weighted by atomic mass is 10.1. The Labute approximate surface area is 117 Å². The molecule has 7 nitrogen and oxygen atoms in total. The Morgan fingerprint density at radius 2 is 2.11 bits per heavy atom. The highest BCUT2D eigenvalue weighted by atomic mass is 35.5. The number of nitrogens with one attached hydrogen (secondary N) is 2. The predicted molar refractivity (Wildman–Crippen MR) is 72.5 cm³/mol. The lowest BCUT2D eigenvalue weighted by molar-refractivity contribution is 0.0606. The topological polar surface area (TPSA) is 87.3 Å². The van der Waals surface area contributed by atoms with Gasteiger partial charge in [0, 0.05) is 20.2 Å². The maximum Gasteiger partial charge on any atom is 0.302 e. The molecule has 1 aromatic rings. The Bertz CT molecular complexity index is 537. The third-order valence-corrected chi connectivity index (χ3v) is 5.13. The minimum atomic E-state index is -3.62. The van der Waals surface area contributed by atoms with Crippen LogP contribution in [0.4, 0.5) is 5.82 Å². The number of aryl methyl sites for hydroxylation is 1. The van der Waals surface area contributed by atoms with Crippen LogP contribution >= 0.6 is 11.6 Å². The van der Waals surface area contributed by atoms with Gasteiger partial charge in [-0.15, -0.1) is 0 Å². The Morgan fingerprint density at radius 3 is 2.58 bits per heavy atom. The molecule has 1 aliphatic heterocycles. The standard InChI is InChI=1S/C10H17ClN4O3S/c1-7-9(11)10(13-12-7)14-19(16,17)15-5-3-8(18-2)4-6-15/h8H,3-6H2,1-2H3,(H2,12,13,14). The zero-order valence-electron chi connectivity index (χ0n) is 10.8. The summed E-state index contributed by atoms with van der Waals surface area (Å²) in [4.78, 5) is 0. The van der Waals surface area contributed by atoms with Gasteiger partial charge in [-0.25, -0.2) is 0 Å². The second kappa shape index (κ2) is 5.66. The first-order valence-electron chi connectivity index (χ1n) is 5.95. The molecule has 0 saturated carbocycles. The fraction of sp³-hybridized carbons (Fsp3) is 0.700. The Kier molecular flexibility index (Phi) is 4.34. The van der Waals surface area contributed by atoms with Gasteiger partial charge in [0.25, 0.3) is 0 Å². The molecule has 1 aromatic heterocycles. The zero-order valence-corrected chi connectivity index (χ0v) is 12.4. The van der Waals surface area contributed by atoms with Crippen LogP contribution in [0.3, 0.4) is 0 Å². The lowest BCUT2D eigenvalue weighted by Gasteiger charge is -2.30. The van der Waals surface area contributed by atoms with Crippen molar-refractivity contribution < 1.29 is 13.2 Å². The first kappa shape index (κ1) is 14.6. The number of H-pyrrole nitrogens is 1. The second-order valence-corrected chi connectivity index (χ2v) is 6.50. The van der Waals surface area contributed by atoms with E-state index in [1.807, 2.05) is 0 Å². The third-order valence-electron chi connectivity index (χ3n) is 3.17. The van der Waals surface area contributed by atoms with E-state index in [1.54, 1.807) is 14.0 Å². The van der Waals surface area contributed by atoms with Gasteiger partial charge < -0.3 is 4.74 Å². The van der Waals surface area contributed by atoms with Crippen LogP contribution in [0.5, 0.6) is 0 Å². The SMILES string of the molecule is COC1CCN(S(=O)(=O)Nc2n[nH]c(C)c2Cl)CC1. The molecule has 1 saturated heterocycles. The molecule has 0 spiro atoms. The summed E-state index contributed by atoms with van der Waals surface area (Å²) in [6.45, 7) is 2.57. The molecule has 0 unspecified atom stereocenters. The molecular weight excluding hydrogens is 292 g/mol. The number of methoxy groups -OCH3 is 1. The van der Waals surface area contributed by atoms with Crippen LogP contribution in [0, 0.1) is 6.92 Å². The number of piperidine rings is 1. The summed E-state index contributed by atoms with van der Waals surface area (Å²) < 4.78 is 33.3. The highest BCUT2D eigenvalue weighted by Crippen LogP contribution is 2.24. The number of rotatable bonds is 4. The van der Waals surface area contributed by atoms with Crippen molar-refractivity contribution >= 4 is 27.6 Å². The predicted octanol–water partition coefficient (Wildman–Crippen LogP) is 1.14. The Hall–Kier alpha value is -0.830. The molecule has 2 N–H and O–H groups in total. The fourth-order valence-electron chi connectivity index (χ4n) is 1.98. The largest absolute Gasteiger partial charge is 0.381 e. The Morgan fingerprint density at radius 1 is 1.47 bits per heavy atom. The van der Waals surface area contributed by atoms with Gasteiger partial charge in [-0.05, 0) is 19.8 Å². The molecule has 9 heteroatoms. The number of aromatic nitrogens is 2. The highest BCUT2D eigenvalue weighted by molar-refractivity contribution is 7.90. The molecule has 0 aromatic carbocycles. The average molecular weight is 309 g/mol. The van der Waals surface area contributed by atoms with Crippen molar-refractivity contribution in [3.05, 3.63) is 10.7 Å². The number of nitrogens with zero attached hydrogens (tertiary/aromatic N) is 2. The van der Waals surface area contributed by atoms with Gasteiger partial charge in [-0.2, -0.15) is 17.8 Å². The molecule has 0 amide bonds. The van der Waals surface area contributed by atoms with E-state index >= 15 is 0 Å². The summed E-state index contributed by atoms with van der Waals surface area (Å²) in [7, 11) is -1.98. The van der Waals surface area contributed by atoms with Crippen molar-refractivity contribution in [2.24, 2.45) is 0 Å². The van der Waals surface area contributed by atoms with Gasteiger partial charge in [-0.1, -0.05) is 11.6 Å². The summed E-state index contributed by atoms with van der Waals surface area (Å²) in [5, 5.41) is 6.75. The summed E-state index contributed by atoms with van der Waals surface area (Å²) in [6, 6.07) is 0. The molecule has 0 radical (unpaired) electrons. The number of ether oxygens (including phenoxy) is 1. The van der Waals surface area contributed by atoms with Crippen molar-refractivity contribution in [1.82, 2.24) is 14.5 Å². The van der Waals surface area contributed by atoms with Gasteiger partial charge in [0.05, 0.1) is 11.8 Å². The van der Waals surface area contributed by atoms with Gasteiger partial charge >= 0.3 is 10.2 Å². The van der Waals surface area contributed by atoms with Crippen molar-refractivity contribution in [3.8, 4) is 0 Å². The zero-order chi connectivity index (χ0) is 14.0. The highest BCUT2D eigenvalue weighted by Gasteiger charge is 2.29. The molecule has 2 heterocycles. The normalized spacial score (nSPS) is 18.7. The molecule has 1 aliphatic rings. The molecule has 0 aliphatic carbocycles. The average Bonchev–Trinajstić information content (AvgIpc) is 2.70. The molecule has 19 heavy (non-hydrogen) atoms. The van der Waals surface area contributed by atoms with E-state index in [9.17, 15) is 8.42 Å². The van der Waals surface area contributed by atoms with E-state index in [-0.39, 0.29) is 16.9 Å². The summed E-state index contributed by atoms with van der Waals surface area (Å²) in [6.07, 6.45) is 1.50. The number of anilines is 1. The van der Waals surface area contributed by atoms with Gasteiger partial charge in [0.15, 0.2) is 5.82 Å². The monoisotopic (exact) mass is 308 g/mol. The Balaban J connectivity index is 2.05. The van der Waals surface area contributed by atoms with Crippen molar-refractivity contribution in [1.29, 1.82) is 0 Å². The number of halogens is 1. The first-order valence-corrected chi connectivity index (χ1v) is 7.77. The van der Waals surface area contributed by atoms with Crippen LogP contribution in [-0.4, -0.2) is 49.2 Å². The third kappa shape index (κ3) is 3.19. The van der Waals surface area contributed by atoms with Crippen LogP contribution in [0.25, 0.3) is 0 Å². The van der Waals surface area contributed by atoms with E-state index in [4.69, 9.17) is 16.3 Å². The van der Waals surface area contributed by atoms with Crippen LogP contribution in [0.15, 0.2) is 0 Å². The van der Waals surface area contributed by atoms with Crippen LogP contribution in [0.1, 0.15) is 18.5 Å². The van der Waals surface area contributed by atoms with Crippen molar-refractivity contribution in [2.75, 3.05) is 24.9 Å². The molecule has 0 atom stereocenters. The van der Waals surface area contributed by atoms with Crippen LogP contribution in [0.2, 0.25) is 5.02 Å². The summed E-state index contributed by atoms with van der Waals surface area (Å²) >= 11 is 5.94. The van der Waals surface area contributed by atoms with E-state index < -0.39 is 10.2 Å². The van der Waals surface area contributed by atoms with E-state index in [0.717, 1.165) is 0 Å². The number of hydrogen-bond acceptors (Lipinski definition) is 4. The molecule has 108 valence electrons. The molecule has 0 bridgehead atoms. The number of aromatic amines is 1. The van der Waals surface area contributed by atoms with Gasteiger partial charge in [-0.3, -0.25) is 9.82 Å². The number of hydrogen-bond donors (Lipinski definition) is 2. The smallest absolute Gasteiger partial charge is 0.302 e. The second-order valence-electron chi connectivity index (χ2n) is 4.45. The minimum Gasteiger partial charge on any atom is -0.381 e. The van der Waals surface area contributed by atoms with E-state index in [2.05, 4.69) is 14.9 Å².